The molecule has 1 N–H and O–H groups in total. The van der Waals surface area contributed by atoms with Gasteiger partial charge in [0, 0.05) is 17.3 Å². The Kier molecular flexibility index (Phi) is 4.71. The van der Waals surface area contributed by atoms with Crippen molar-refractivity contribution in [1.29, 1.82) is 0 Å². The van der Waals surface area contributed by atoms with Crippen molar-refractivity contribution in [3.05, 3.63) is 46.7 Å². The van der Waals surface area contributed by atoms with E-state index in [1.807, 2.05) is 0 Å². The van der Waals surface area contributed by atoms with Crippen molar-refractivity contribution < 1.29 is 23.5 Å². The maximum Gasteiger partial charge on any atom is 0.354 e. The number of hydrogen-bond donors (Lipinski definition) is 1. The number of aromatic nitrogens is 1. The summed E-state index contributed by atoms with van der Waals surface area (Å²) >= 11 is 0. The fourth-order valence-corrected chi connectivity index (χ4v) is 3.30. The van der Waals surface area contributed by atoms with Gasteiger partial charge >= 0.3 is 5.97 Å². The predicted molar refractivity (Wildman–Crippen MR) is 93.3 cm³/mol. The van der Waals surface area contributed by atoms with Crippen LogP contribution in [-0.2, 0) is 4.74 Å². The quantitative estimate of drug-likeness (QED) is 0.633. The number of methoxy groups -OCH3 is 1. The first-order valence-electron chi connectivity index (χ1n) is 8.54. The first kappa shape index (κ1) is 18.0. The van der Waals surface area contributed by atoms with E-state index >= 15 is 0 Å². The molecule has 138 valence electrons. The van der Waals surface area contributed by atoms with Crippen LogP contribution in [0.3, 0.4) is 0 Å². The molecule has 1 saturated carbocycles. The molecule has 2 aromatic heterocycles. The van der Waals surface area contributed by atoms with Gasteiger partial charge in [-0.05, 0) is 51.3 Å². The molecule has 2 aromatic rings. The number of H-pyrrole nitrogens is 1. The van der Waals surface area contributed by atoms with Gasteiger partial charge in [-0.25, -0.2) is 4.79 Å². The summed E-state index contributed by atoms with van der Waals surface area (Å²) in [5.74, 6) is -0.812. The minimum Gasteiger partial charge on any atom is -0.464 e. The standard InChI is InChI=1S/C19H22N2O5/c1-10-15(11(2)20-16(10)19(24)25-4)17(22)12(3)21(13-7-8-13)18(23)14-6-5-9-26-14/h5-6,9,12-13,20H,7-8H2,1-4H3/t12-/m1/s1. The number of furan rings is 1. The van der Waals surface area contributed by atoms with E-state index in [0.29, 0.717) is 16.8 Å². The predicted octanol–water partition coefficient (Wildman–Crippen LogP) is 2.89. The summed E-state index contributed by atoms with van der Waals surface area (Å²) in [4.78, 5) is 42.3. The number of ether oxygens (including phenoxy) is 1. The molecule has 0 bridgehead atoms. The Hall–Kier alpha value is -2.83. The monoisotopic (exact) mass is 358 g/mol. The number of carbonyl (C=O) groups excluding carboxylic acids is 3. The van der Waals surface area contributed by atoms with Crippen molar-refractivity contribution >= 4 is 17.7 Å². The number of rotatable bonds is 6. The van der Waals surface area contributed by atoms with E-state index in [0.717, 1.165) is 12.8 Å². The second kappa shape index (κ2) is 6.82. The molecule has 0 spiro atoms. The summed E-state index contributed by atoms with van der Waals surface area (Å²) in [6.07, 6.45) is 3.17. The zero-order valence-corrected chi connectivity index (χ0v) is 15.3. The second-order valence-electron chi connectivity index (χ2n) is 6.58. The highest BCUT2D eigenvalue weighted by Gasteiger charge is 2.40. The van der Waals surface area contributed by atoms with Gasteiger partial charge in [-0.2, -0.15) is 0 Å². The average molecular weight is 358 g/mol. The van der Waals surface area contributed by atoms with Crippen LogP contribution in [0.5, 0.6) is 0 Å². The summed E-state index contributed by atoms with van der Waals surface area (Å²) in [5, 5.41) is 0. The molecule has 0 unspecified atom stereocenters. The summed E-state index contributed by atoms with van der Waals surface area (Å²) in [5.41, 5.74) is 1.81. The maximum absolute atomic E-state index is 13.2. The number of aromatic amines is 1. The summed E-state index contributed by atoms with van der Waals surface area (Å²) in [6, 6.07) is 2.61. The number of carbonyl (C=O) groups is 3. The van der Waals surface area contributed by atoms with E-state index in [-0.39, 0.29) is 29.2 Å². The number of hydrogen-bond acceptors (Lipinski definition) is 5. The van der Waals surface area contributed by atoms with Crippen LogP contribution in [0.2, 0.25) is 0 Å². The van der Waals surface area contributed by atoms with Crippen molar-refractivity contribution in [2.24, 2.45) is 0 Å². The van der Waals surface area contributed by atoms with Crippen LogP contribution in [0.1, 0.15) is 62.4 Å². The molecule has 0 aromatic carbocycles. The van der Waals surface area contributed by atoms with Gasteiger partial charge in [-0.1, -0.05) is 0 Å². The Balaban J connectivity index is 1.92. The number of amides is 1. The molecule has 26 heavy (non-hydrogen) atoms. The molecule has 1 aliphatic carbocycles. The lowest BCUT2D eigenvalue weighted by Gasteiger charge is -2.27. The molecule has 0 aliphatic heterocycles. The Morgan fingerprint density at radius 3 is 2.54 bits per heavy atom. The molecule has 7 nitrogen and oxygen atoms in total. The number of aryl methyl sites for hydroxylation is 1. The van der Waals surface area contributed by atoms with E-state index in [1.165, 1.54) is 13.4 Å². The highest BCUT2D eigenvalue weighted by atomic mass is 16.5. The highest BCUT2D eigenvalue weighted by molar-refractivity contribution is 6.07. The summed E-state index contributed by atoms with van der Waals surface area (Å²) in [6.45, 7) is 5.14. The van der Waals surface area contributed by atoms with E-state index in [2.05, 4.69) is 4.98 Å². The maximum atomic E-state index is 13.2. The third-order valence-electron chi connectivity index (χ3n) is 4.78. The van der Waals surface area contributed by atoms with Gasteiger partial charge in [-0.15, -0.1) is 0 Å². The fraction of sp³-hybridized carbons (Fsp3) is 0.421. The molecular weight excluding hydrogens is 336 g/mol. The first-order valence-corrected chi connectivity index (χ1v) is 8.54. The van der Waals surface area contributed by atoms with Crippen LogP contribution in [0.25, 0.3) is 0 Å². The van der Waals surface area contributed by atoms with E-state index in [4.69, 9.17) is 9.15 Å². The Morgan fingerprint density at radius 2 is 2.00 bits per heavy atom. The lowest BCUT2D eigenvalue weighted by molar-refractivity contribution is 0.0582. The number of esters is 1. The van der Waals surface area contributed by atoms with Gasteiger partial charge in [0.15, 0.2) is 11.5 Å². The smallest absolute Gasteiger partial charge is 0.354 e. The van der Waals surface area contributed by atoms with Crippen LogP contribution < -0.4 is 0 Å². The summed E-state index contributed by atoms with van der Waals surface area (Å²) in [7, 11) is 1.29. The van der Waals surface area contributed by atoms with Gasteiger partial charge < -0.3 is 19.0 Å². The zero-order chi connectivity index (χ0) is 19.0. The molecular formula is C19H22N2O5. The number of ketones is 1. The number of nitrogens with zero attached hydrogens (tertiary/aromatic N) is 1. The molecule has 2 heterocycles. The number of nitrogens with one attached hydrogen (secondary N) is 1. The van der Waals surface area contributed by atoms with Crippen LogP contribution in [0.15, 0.2) is 22.8 Å². The van der Waals surface area contributed by atoms with E-state index in [9.17, 15) is 14.4 Å². The Morgan fingerprint density at radius 1 is 1.31 bits per heavy atom. The number of Topliss-reactive ketones (excluding diaryl/α,β-unsaturated/α-hetero) is 1. The molecule has 7 heteroatoms. The average Bonchev–Trinajstić information content (AvgIpc) is 3.19. The van der Waals surface area contributed by atoms with Crippen LogP contribution in [0, 0.1) is 13.8 Å². The molecule has 1 aliphatic rings. The minimum absolute atomic E-state index is 0.0335. The molecule has 0 radical (unpaired) electrons. The van der Waals surface area contributed by atoms with Gasteiger partial charge in [0.05, 0.1) is 19.4 Å². The molecule has 3 rings (SSSR count). The van der Waals surface area contributed by atoms with Crippen molar-refractivity contribution in [1.82, 2.24) is 9.88 Å². The molecule has 1 fully saturated rings. The summed E-state index contributed by atoms with van der Waals surface area (Å²) < 4.78 is 9.97. The highest BCUT2D eigenvalue weighted by Crippen LogP contribution is 2.32. The SMILES string of the molecule is COC(=O)c1[nH]c(C)c(C(=O)[C@@H](C)N(C(=O)c2ccco2)C2CC2)c1C. The third-order valence-corrected chi connectivity index (χ3v) is 4.78. The van der Waals surface area contributed by atoms with E-state index < -0.39 is 12.0 Å². The lowest BCUT2D eigenvalue weighted by Crippen LogP contribution is -2.45. The minimum atomic E-state index is -0.668. The fourth-order valence-electron chi connectivity index (χ4n) is 3.30. The Bertz CT molecular complexity index is 846. The van der Waals surface area contributed by atoms with Gasteiger partial charge in [0.1, 0.15) is 5.69 Å². The molecule has 1 amide bonds. The van der Waals surface area contributed by atoms with Gasteiger partial charge in [0.2, 0.25) is 0 Å². The van der Waals surface area contributed by atoms with Crippen LogP contribution >= 0.6 is 0 Å². The van der Waals surface area contributed by atoms with Gasteiger partial charge in [0.25, 0.3) is 5.91 Å². The lowest BCUT2D eigenvalue weighted by atomic mass is 9.99. The topological polar surface area (TPSA) is 92.6 Å². The van der Waals surface area contributed by atoms with Crippen molar-refractivity contribution in [2.75, 3.05) is 7.11 Å². The molecule has 1 atom stereocenters. The second-order valence-corrected chi connectivity index (χ2v) is 6.58. The largest absolute Gasteiger partial charge is 0.464 e. The normalized spacial score (nSPS) is 14.8. The first-order chi connectivity index (χ1) is 12.4. The van der Waals surface area contributed by atoms with Crippen molar-refractivity contribution in [3.63, 3.8) is 0 Å². The van der Waals surface area contributed by atoms with E-state index in [1.54, 1.807) is 37.8 Å². The Labute approximate surface area is 151 Å². The van der Waals surface area contributed by atoms with Crippen molar-refractivity contribution in [3.8, 4) is 0 Å². The van der Waals surface area contributed by atoms with Crippen LogP contribution in [-0.4, -0.2) is 46.7 Å². The zero-order valence-electron chi connectivity index (χ0n) is 15.3. The van der Waals surface area contributed by atoms with Crippen LogP contribution in [0.4, 0.5) is 0 Å². The van der Waals surface area contributed by atoms with Crippen molar-refractivity contribution in [2.45, 2.75) is 45.7 Å². The van der Waals surface area contributed by atoms with Gasteiger partial charge in [-0.3, -0.25) is 9.59 Å². The molecule has 0 saturated heterocycles. The third kappa shape index (κ3) is 3.05.